The zero-order valence-electron chi connectivity index (χ0n) is 11.6. The first-order chi connectivity index (χ1) is 9.48. The van der Waals surface area contributed by atoms with Gasteiger partial charge in [-0.25, -0.2) is 4.98 Å². The number of benzene rings is 1. The van der Waals surface area contributed by atoms with Gasteiger partial charge in [-0.2, -0.15) is 8.42 Å². The second-order valence-electron chi connectivity index (χ2n) is 4.22. The van der Waals surface area contributed by atoms with E-state index >= 15 is 0 Å². The zero-order valence-corrected chi connectivity index (χ0v) is 12.4. The van der Waals surface area contributed by atoms with Gasteiger partial charge in [0, 0.05) is 19.5 Å². The quantitative estimate of drug-likeness (QED) is 0.912. The highest BCUT2D eigenvalue weighted by Crippen LogP contribution is 2.24. The van der Waals surface area contributed by atoms with Crippen molar-refractivity contribution in [1.82, 2.24) is 9.97 Å². The standard InChI is InChI=1S/C13H17N3O3S/c1-4-12-14-9-13(15-12)20(17,18)16(2)10-6-5-7-11(8-10)19-3/h5-9H,4H2,1-3H3,(H,14,15). The van der Waals surface area contributed by atoms with Crippen LogP contribution in [0, 0.1) is 0 Å². The Morgan fingerprint density at radius 2 is 2.15 bits per heavy atom. The van der Waals surface area contributed by atoms with Gasteiger partial charge in [-0.05, 0) is 12.1 Å². The molecule has 0 amide bonds. The average Bonchev–Trinajstić information content (AvgIpc) is 2.96. The predicted molar refractivity (Wildman–Crippen MR) is 76.5 cm³/mol. The van der Waals surface area contributed by atoms with Crippen LogP contribution in [0.25, 0.3) is 0 Å². The molecule has 0 atom stereocenters. The summed E-state index contributed by atoms with van der Waals surface area (Å²) in [5, 5.41) is 0.0830. The van der Waals surface area contributed by atoms with Gasteiger partial charge in [-0.15, -0.1) is 0 Å². The van der Waals surface area contributed by atoms with Crippen molar-refractivity contribution in [3.8, 4) is 5.75 Å². The maximum atomic E-state index is 12.5. The van der Waals surface area contributed by atoms with Crippen molar-refractivity contribution < 1.29 is 13.2 Å². The van der Waals surface area contributed by atoms with Crippen LogP contribution in [0.15, 0.2) is 35.5 Å². The Morgan fingerprint density at radius 1 is 1.40 bits per heavy atom. The van der Waals surface area contributed by atoms with Crippen molar-refractivity contribution in [3.63, 3.8) is 0 Å². The van der Waals surface area contributed by atoms with Crippen molar-refractivity contribution >= 4 is 15.7 Å². The molecule has 2 rings (SSSR count). The minimum atomic E-state index is -3.65. The number of rotatable bonds is 5. The van der Waals surface area contributed by atoms with Gasteiger partial charge < -0.3 is 9.72 Å². The van der Waals surface area contributed by atoms with Crippen molar-refractivity contribution in [2.24, 2.45) is 0 Å². The molecular weight excluding hydrogens is 278 g/mol. The number of anilines is 1. The maximum absolute atomic E-state index is 12.5. The van der Waals surface area contributed by atoms with Gasteiger partial charge in [-0.3, -0.25) is 4.31 Å². The van der Waals surface area contributed by atoms with E-state index in [1.807, 2.05) is 6.92 Å². The number of aryl methyl sites for hydroxylation is 1. The molecule has 0 aliphatic rings. The summed E-state index contributed by atoms with van der Waals surface area (Å²) in [4.78, 5) is 6.84. The molecule has 0 bridgehead atoms. The van der Waals surface area contributed by atoms with Crippen LogP contribution in [0.1, 0.15) is 12.7 Å². The van der Waals surface area contributed by atoms with Crippen LogP contribution in [0.2, 0.25) is 0 Å². The SMILES string of the molecule is CCc1ncc(S(=O)(=O)N(C)c2cccc(OC)c2)[nH]1. The lowest BCUT2D eigenvalue weighted by molar-refractivity contribution is 0.415. The second-order valence-corrected chi connectivity index (χ2v) is 6.16. The van der Waals surface area contributed by atoms with E-state index in [-0.39, 0.29) is 5.03 Å². The van der Waals surface area contributed by atoms with E-state index in [0.29, 0.717) is 23.7 Å². The maximum Gasteiger partial charge on any atom is 0.281 e. The molecule has 20 heavy (non-hydrogen) atoms. The van der Waals surface area contributed by atoms with Gasteiger partial charge in [0.1, 0.15) is 11.6 Å². The van der Waals surface area contributed by atoms with Crippen molar-refractivity contribution in [2.45, 2.75) is 18.4 Å². The van der Waals surface area contributed by atoms with Crippen LogP contribution >= 0.6 is 0 Å². The Kier molecular flexibility index (Phi) is 3.99. The van der Waals surface area contributed by atoms with E-state index in [0.717, 1.165) is 0 Å². The van der Waals surface area contributed by atoms with E-state index in [1.54, 1.807) is 24.3 Å². The first-order valence-electron chi connectivity index (χ1n) is 6.16. The molecule has 0 unspecified atom stereocenters. The lowest BCUT2D eigenvalue weighted by atomic mass is 10.3. The third-order valence-corrected chi connectivity index (χ3v) is 4.69. The van der Waals surface area contributed by atoms with Gasteiger partial charge in [0.25, 0.3) is 10.0 Å². The molecule has 2 aromatic rings. The molecule has 1 heterocycles. The number of imidazole rings is 1. The molecule has 1 aromatic heterocycles. The summed E-state index contributed by atoms with van der Waals surface area (Å²) in [6, 6.07) is 6.87. The van der Waals surface area contributed by atoms with Crippen LogP contribution in [0.5, 0.6) is 5.75 Å². The van der Waals surface area contributed by atoms with Crippen LogP contribution in [-0.4, -0.2) is 32.5 Å². The Hall–Kier alpha value is -2.02. The monoisotopic (exact) mass is 295 g/mol. The van der Waals surface area contributed by atoms with Crippen LogP contribution in [-0.2, 0) is 16.4 Å². The number of methoxy groups -OCH3 is 1. The Bertz CT molecular complexity index is 694. The van der Waals surface area contributed by atoms with Gasteiger partial charge in [0.05, 0.1) is 19.0 Å². The normalized spacial score (nSPS) is 11.3. The molecule has 108 valence electrons. The molecule has 0 radical (unpaired) electrons. The largest absolute Gasteiger partial charge is 0.497 e. The molecule has 0 saturated heterocycles. The fourth-order valence-electron chi connectivity index (χ4n) is 1.75. The van der Waals surface area contributed by atoms with E-state index in [9.17, 15) is 8.42 Å². The molecule has 0 aliphatic carbocycles. The van der Waals surface area contributed by atoms with Gasteiger partial charge >= 0.3 is 0 Å². The minimum absolute atomic E-state index is 0.0830. The highest BCUT2D eigenvalue weighted by molar-refractivity contribution is 7.92. The summed E-state index contributed by atoms with van der Waals surface area (Å²) in [5.74, 6) is 1.24. The van der Waals surface area contributed by atoms with E-state index < -0.39 is 10.0 Å². The molecule has 0 spiro atoms. The number of hydrogen-bond acceptors (Lipinski definition) is 4. The van der Waals surface area contributed by atoms with Crippen LogP contribution in [0.4, 0.5) is 5.69 Å². The molecular formula is C13H17N3O3S. The average molecular weight is 295 g/mol. The van der Waals surface area contributed by atoms with E-state index in [1.165, 1.54) is 24.7 Å². The molecule has 1 aromatic carbocycles. The summed E-state index contributed by atoms with van der Waals surface area (Å²) in [6.45, 7) is 1.90. The summed E-state index contributed by atoms with van der Waals surface area (Å²) < 4.78 is 31.3. The first-order valence-corrected chi connectivity index (χ1v) is 7.60. The number of aromatic amines is 1. The number of hydrogen-bond donors (Lipinski definition) is 1. The van der Waals surface area contributed by atoms with Crippen molar-refractivity contribution in [2.75, 3.05) is 18.5 Å². The summed E-state index contributed by atoms with van der Waals surface area (Å²) in [5.41, 5.74) is 0.525. The zero-order chi connectivity index (χ0) is 14.8. The van der Waals surface area contributed by atoms with E-state index in [2.05, 4.69) is 9.97 Å². The lowest BCUT2D eigenvalue weighted by Gasteiger charge is -2.18. The molecule has 7 heteroatoms. The molecule has 0 fully saturated rings. The number of H-pyrrole nitrogens is 1. The first kappa shape index (κ1) is 14.4. The number of nitrogens with zero attached hydrogens (tertiary/aromatic N) is 2. The van der Waals surface area contributed by atoms with Crippen LogP contribution < -0.4 is 9.04 Å². The fraction of sp³-hybridized carbons (Fsp3) is 0.308. The number of sulfonamides is 1. The molecule has 0 aliphatic heterocycles. The number of nitrogens with one attached hydrogen (secondary N) is 1. The molecule has 0 saturated carbocycles. The highest BCUT2D eigenvalue weighted by Gasteiger charge is 2.23. The lowest BCUT2D eigenvalue weighted by Crippen LogP contribution is -2.26. The number of aromatic nitrogens is 2. The van der Waals surface area contributed by atoms with E-state index in [4.69, 9.17) is 4.74 Å². The van der Waals surface area contributed by atoms with Gasteiger partial charge in [-0.1, -0.05) is 13.0 Å². The molecule has 6 nitrogen and oxygen atoms in total. The Labute approximate surface area is 118 Å². The fourth-order valence-corrected chi connectivity index (χ4v) is 2.87. The third kappa shape index (κ3) is 2.62. The van der Waals surface area contributed by atoms with Crippen molar-refractivity contribution in [3.05, 3.63) is 36.3 Å². The summed E-state index contributed by atoms with van der Waals surface area (Å²) >= 11 is 0. The summed E-state index contributed by atoms with van der Waals surface area (Å²) in [6.07, 6.45) is 1.99. The van der Waals surface area contributed by atoms with Crippen molar-refractivity contribution in [1.29, 1.82) is 0 Å². The molecule has 1 N–H and O–H groups in total. The van der Waals surface area contributed by atoms with Gasteiger partial charge in [0.2, 0.25) is 0 Å². The smallest absolute Gasteiger partial charge is 0.281 e. The third-order valence-electron chi connectivity index (χ3n) is 3.00. The highest BCUT2D eigenvalue weighted by atomic mass is 32.2. The topological polar surface area (TPSA) is 75.3 Å². The number of ether oxygens (including phenoxy) is 1. The Balaban J connectivity index is 2.37. The van der Waals surface area contributed by atoms with Gasteiger partial charge in [0.15, 0.2) is 5.03 Å². The second kappa shape index (κ2) is 5.54. The van der Waals surface area contributed by atoms with Crippen LogP contribution in [0.3, 0.4) is 0 Å². The minimum Gasteiger partial charge on any atom is -0.497 e. The Morgan fingerprint density at radius 3 is 2.75 bits per heavy atom. The predicted octanol–water partition coefficient (Wildman–Crippen LogP) is 1.81. The summed E-state index contributed by atoms with van der Waals surface area (Å²) in [7, 11) is -0.612.